The molecule has 0 spiro atoms. The number of anilines is 1. The zero-order valence-electron chi connectivity index (χ0n) is 11.3. The summed E-state index contributed by atoms with van der Waals surface area (Å²) in [4.78, 5) is 13.8. The Morgan fingerprint density at radius 2 is 2.10 bits per heavy atom. The van der Waals surface area contributed by atoms with Gasteiger partial charge in [0.15, 0.2) is 0 Å². The van der Waals surface area contributed by atoms with Gasteiger partial charge in [-0.2, -0.15) is 0 Å². The molecule has 0 saturated carbocycles. The van der Waals surface area contributed by atoms with Crippen LogP contribution in [0, 0.1) is 0 Å². The van der Waals surface area contributed by atoms with Crippen molar-refractivity contribution in [2.45, 2.75) is 25.3 Å². The van der Waals surface area contributed by atoms with Crippen LogP contribution in [-0.2, 0) is 0 Å². The SMILES string of the molecule is CN(C(=O)Nc1ccc(Cl)cc1)[C@@H]1CCCC=C1NO. The molecule has 1 atom stereocenters. The number of carbonyl (C=O) groups excluding carboxylic acids is 1. The van der Waals surface area contributed by atoms with Gasteiger partial charge in [0, 0.05) is 17.8 Å². The van der Waals surface area contributed by atoms with Crippen LogP contribution in [0.3, 0.4) is 0 Å². The molecule has 0 aliphatic heterocycles. The summed E-state index contributed by atoms with van der Waals surface area (Å²) in [6.45, 7) is 0. The summed E-state index contributed by atoms with van der Waals surface area (Å²) in [5.41, 5.74) is 3.54. The number of benzene rings is 1. The van der Waals surface area contributed by atoms with Gasteiger partial charge in [0.25, 0.3) is 0 Å². The summed E-state index contributed by atoms with van der Waals surface area (Å²) >= 11 is 5.80. The highest BCUT2D eigenvalue weighted by molar-refractivity contribution is 6.30. The molecule has 0 aromatic heterocycles. The maximum absolute atomic E-state index is 12.2. The topological polar surface area (TPSA) is 64.6 Å². The molecule has 0 bridgehead atoms. The molecule has 2 amide bonds. The number of hydroxylamine groups is 1. The number of nitrogens with one attached hydrogen (secondary N) is 2. The highest BCUT2D eigenvalue weighted by Gasteiger charge is 2.25. The van der Waals surface area contributed by atoms with Crippen LogP contribution in [0.1, 0.15) is 19.3 Å². The fourth-order valence-electron chi connectivity index (χ4n) is 2.27. The highest BCUT2D eigenvalue weighted by atomic mass is 35.5. The van der Waals surface area contributed by atoms with Crippen molar-refractivity contribution >= 4 is 23.3 Å². The molecule has 1 aliphatic rings. The summed E-state index contributed by atoms with van der Waals surface area (Å²) in [6, 6.07) is 6.57. The number of urea groups is 1. The third-order valence-corrected chi connectivity index (χ3v) is 3.67. The maximum atomic E-state index is 12.2. The van der Waals surface area contributed by atoms with Crippen molar-refractivity contribution < 1.29 is 10.0 Å². The minimum Gasteiger partial charge on any atom is -0.319 e. The van der Waals surface area contributed by atoms with Crippen molar-refractivity contribution in [1.82, 2.24) is 10.4 Å². The third-order valence-electron chi connectivity index (χ3n) is 3.42. The number of hydrogen-bond acceptors (Lipinski definition) is 3. The number of nitrogens with zero attached hydrogens (tertiary/aromatic N) is 1. The molecular weight excluding hydrogens is 278 g/mol. The Kier molecular flexibility index (Phi) is 4.87. The first-order valence-electron chi connectivity index (χ1n) is 6.51. The van der Waals surface area contributed by atoms with Crippen LogP contribution in [0.25, 0.3) is 0 Å². The fraction of sp³-hybridized carbons (Fsp3) is 0.357. The second kappa shape index (κ2) is 6.63. The molecule has 0 heterocycles. The van der Waals surface area contributed by atoms with Gasteiger partial charge in [-0.3, -0.25) is 10.7 Å². The first-order chi connectivity index (χ1) is 9.61. The van der Waals surface area contributed by atoms with Gasteiger partial charge >= 0.3 is 6.03 Å². The molecular formula is C14H18ClN3O2. The molecule has 1 aromatic carbocycles. The lowest BCUT2D eigenvalue weighted by molar-refractivity contribution is 0.158. The molecule has 0 fully saturated rings. The molecule has 20 heavy (non-hydrogen) atoms. The molecule has 108 valence electrons. The van der Waals surface area contributed by atoms with Gasteiger partial charge in [0.2, 0.25) is 0 Å². The summed E-state index contributed by atoms with van der Waals surface area (Å²) in [7, 11) is 1.71. The van der Waals surface area contributed by atoms with Gasteiger partial charge in [0.1, 0.15) is 0 Å². The molecule has 3 N–H and O–H groups in total. The largest absolute Gasteiger partial charge is 0.322 e. The lowest BCUT2D eigenvalue weighted by Gasteiger charge is -2.32. The van der Waals surface area contributed by atoms with E-state index in [0.717, 1.165) is 19.3 Å². The van der Waals surface area contributed by atoms with Gasteiger partial charge in [-0.05, 0) is 43.5 Å². The first kappa shape index (κ1) is 14.7. The molecule has 2 rings (SSSR count). The van der Waals surface area contributed by atoms with E-state index in [0.29, 0.717) is 16.4 Å². The van der Waals surface area contributed by atoms with Gasteiger partial charge < -0.3 is 10.2 Å². The number of allylic oxidation sites excluding steroid dienone is 1. The van der Waals surface area contributed by atoms with Crippen LogP contribution in [-0.4, -0.2) is 29.2 Å². The molecule has 6 heteroatoms. The molecule has 1 aliphatic carbocycles. The number of hydrogen-bond donors (Lipinski definition) is 3. The lowest BCUT2D eigenvalue weighted by atomic mass is 9.98. The minimum atomic E-state index is -0.222. The monoisotopic (exact) mass is 295 g/mol. The lowest BCUT2D eigenvalue weighted by Crippen LogP contribution is -2.44. The van der Waals surface area contributed by atoms with E-state index in [1.54, 1.807) is 36.2 Å². The van der Waals surface area contributed by atoms with E-state index in [1.807, 2.05) is 6.08 Å². The predicted molar refractivity (Wildman–Crippen MR) is 78.9 cm³/mol. The molecule has 0 saturated heterocycles. The smallest absolute Gasteiger partial charge is 0.319 e. The molecule has 0 unspecified atom stereocenters. The Hall–Kier alpha value is -1.72. The van der Waals surface area contributed by atoms with Crippen LogP contribution >= 0.6 is 11.6 Å². The normalized spacial score (nSPS) is 18.1. The van der Waals surface area contributed by atoms with Crippen molar-refractivity contribution in [2.75, 3.05) is 12.4 Å². The predicted octanol–water partition coefficient (Wildman–Crippen LogP) is 3.22. The van der Waals surface area contributed by atoms with Gasteiger partial charge in [-0.25, -0.2) is 4.79 Å². The zero-order valence-corrected chi connectivity index (χ0v) is 12.0. The van der Waals surface area contributed by atoms with Crippen LogP contribution in [0.15, 0.2) is 36.0 Å². The van der Waals surface area contributed by atoms with E-state index in [-0.39, 0.29) is 12.1 Å². The van der Waals surface area contributed by atoms with Crippen molar-refractivity contribution in [1.29, 1.82) is 0 Å². The Balaban J connectivity index is 2.03. The van der Waals surface area contributed by atoms with Crippen LogP contribution in [0.2, 0.25) is 5.02 Å². The Labute approximate surface area is 123 Å². The van der Waals surface area contributed by atoms with Gasteiger partial charge in [-0.1, -0.05) is 17.7 Å². The highest BCUT2D eigenvalue weighted by Crippen LogP contribution is 2.21. The summed E-state index contributed by atoms with van der Waals surface area (Å²) < 4.78 is 0. The quantitative estimate of drug-likeness (QED) is 0.750. The number of likely N-dealkylation sites (N-methyl/N-ethyl adjacent to an activating group) is 1. The molecule has 0 radical (unpaired) electrons. The average Bonchev–Trinajstić information content (AvgIpc) is 2.48. The Morgan fingerprint density at radius 1 is 1.40 bits per heavy atom. The number of halogens is 1. The summed E-state index contributed by atoms with van der Waals surface area (Å²) in [5, 5.41) is 12.5. The number of amides is 2. The van der Waals surface area contributed by atoms with Crippen molar-refractivity contribution in [3.8, 4) is 0 Å². The summed E-state index contributed by atoms with van der Waals surface area (Å²) in [6.07, 6.45) is 4.64. The summed E-state index contributed by atoms with van der Waals surface area (Å²) in [5.74, 6) is 0. The number of carbonyl (C=O) groups is 1. The van der Waals surface area contributed by atoms with Gasteiger partial charge in [-0.15, -0.1) is 0 Å². The van der Waals surface area contributed by atoms with Crippen molar-refractivity contribution in [3.05, 3.63) is 41.1 Å². The van der Waals surface area contributed by atoms with E-state index < -0.39 is 0 Å². The zero-order chi connectivity index (χ0) is 14.5. The molecule has 5 nitrogen and oxygen atoms in total. The van der Waals surface area contributed by atoms with Crippen LogP contribution in [0.5, 0.6) is 0 Å². The Morgan fingerprint density at radius 3 is 2.75 bits per heavy atom. The number of rotatable bonds is 3. The van der Waals surface area contributed by atoms with Crippen molar-refractivity contribution in [2.24, 2.45) is 0 Å². The fourth-order valence-corrected chi connectivity index (χ4v) is 2.40. The standard InChI is InChI=1S/C14H18ClN3O2/c1-18(13-5-3-2-4-12(13)17-20)14(19)16-11-8-6-10(15)7-9-11/h4,6-9,13,17,20H,2-3,5H2,1H3,(H,16,19)/t13-/m1/s1. The average molecular weight is 296 g/mol. The minimum absolute atomic E-state index is 0.138. The third kappa shape index (κ3) is 3.43. The van der Waals surface area contributed by atoms with E-state index in [2.05, 4.69) is 10.8 Å². The van der Waals surface area contributed by atoms with Crippen molar-refractivity contribution in [3.63, 3.8) is 0 Å². The van der Waals surface area contributed by atoms with Crippen LogP contribution < -0.4 is 10.8 Å². The van der Waals surface area contributed by atoms with E-state index in [4.69, 9.17) is 16.8 Å². The van der Waals surface area contributed by atoms with E-state index >= 15 is 0 Å². The second-order valence-corrected chi connectivity index (χ2v) is 5.20. The van der Waals surface area contributed by atoms with Crippen LogP contribution in [0.4, 0.5) is 10.5 Å². The Bertz CT molecular complexity index is 502. The first-order valence-corrected chi connectivity index (χ1v) is 6.89. The molecule has 1 aromatic rings. The van der Waals surface area contributed by atoms with Gasteiger partial charge in [0.05, 0.1) is 11.7 Å². The van der Waals surface area contributed by atoms with E-state index in [9.17, 15) is 4.79 Å². The maximum Gasteiger partial charge on any atom is 0.322 e. The van der Waals surface area contributed by atoms with E-state index in [1.165, 1.54) is 0 Å². The second-order valence-electron chi connectivity index (χ2n) is 4.77.